The van der Waals surface area contributed by atoms with E-state index in [9.17, 15) is 9.59 Å². The Morgan fingerprint density at radius 1 is 1.12 bits per heavy atom. The molecule has 2 aromatic carbocycles. The van der Waals surface area contributed by atoms with E-state index in [1.807, 2.05) is 71.0 Å². The lowest BCUT2D eigenvalue weighted by Crippen LogP contribution is -2.29. The number of aromatic nitrogens is 2. The SMILES string of the molecule is CCc1nnc(N2C(=O)c3oc4cc(C)c(C)cc4c(=O)c3C2c2cccc(OC(C)C)c2)s1. The first-order chi connectivity index (χ1) is 16.3. The molecule has 4 aromatic rings. The van der Waals surface area contributed by atoms with E-state index < -0.39 is 11.9 Å². The fraction of sp³-hybridized carbons (Fsp3) is 0.308. The molecule has 0 spiro atoms. The molecule has 1 unspecified atom stereocenters. The number of amides is 1. The summed E-state index contributed by atoms with van der Waals surface area (Å²) in [5.41, 5.74) is 3.23. The first-order valence-electron chi connectivity index (χ1n) is 11.3. The Morgan fingerprint density at radius 3 is 2.59 bits per heavy atom. The molecular formula is C26H25N3O4S. The Balaban J connectivity index is 1.77. The molecule has 3 heterocycles. The maximum Gasteiger partial charge on any atom is 0.297 e. The number of ether oxygens (including phenoxy) is 1. The van der Waals surface area contributed by atoms with Gasteiger partial charge in [0.2, 0.25) is 10.9 Å². The van der Waals surface area contributed by atoms with E-state index in [1.54, 1.807) is 0 Å². The fourth-order valence-electron chi connectivity index (χ4n) is 4.26. The van der Waals surface area contributed by atoms with Crippen LogP contribution in [0.2, 0.25) is 0 Å². The van der Waals surface area contributed by atoms with E-state index in [4.69, 9.17) is 9.15 Å². The molecule has 7 nitrogen and oxygen atoms in total. The van der Waals surface area contributed by atoms with Crippen molar-refractivity contribution >= 4 is 33.3 Å². The van der Waals surface area contributed by atoms with Crippen molar-refractivity contribution in [3.05, 3.63) is 79.6 Å². The van der Waals surface area contributed by atoms with E-state index in [0.29, 0.717) is 33.8 Å². The minimum atomic E-state index is -0.696. The summed E-state index contributed by atoms with van der Waals surface area (Å²) in [6.45, 7) is 9.79. The number of rotatable bonds is 5. The van der Waals surface area contributed by atoms with Gasteiger partial charge in [-0.2, -0.15) is 0 Å². The molecule has 1 aliphatic rings. The number of hydrogen-bond donors (Lipinski definition) is 0. The molecule has 0 bridgehead atoms. The number of fused-ring (bicyclic) bond motifs is 2. The second-order valence-corrected chi connectivity index (χ2v) is 9.80. The zero-order valence-corrected chi connectivity index (χ0v) is 20.5. The summed E-state index contributed by atoms with van der Waals surface area (Å²) in [5.74, 6) is 0.317. The standard InChI is InChI=1S/C26H25N3O4S/c1-6-20-27-28-26(34-20)29-22(16-8-7-9-17(12-16)32-13(2)3)21-23(30)18-10-14(4)15(5)11-19(18)33-24(21)25(29)31/h7-13,22H,6H2,1-5H3. The number of anilines is 1. The van der Waals surface area contributed by atoms with Crippen molar-refractivity contribution in [2.75, 3.05) is 4.90 Å². The summed E-state index contributed by atoms with van der Waals surface area (Å²) in [6, 6.07) is 10.4. The third-order valence-electron chi connectivity index (χ3n) is 6.00. The fourth-order valence-corrected chi connectivity index (χ4v) is 5.06. The Labute approximate surface area is 201 Å². The third-order valence-corrected chi connectivity index (χ3v) is 7.06. The van der Waals surface area contributed by atoms with Crippen molar-refractivity contribution in [1.82, 2.24) is 10.2 Å². The number of hydrogen-bond acceptors (Lipinski definition) is 7. The zero-order valence-electron chi connectivity index (χ0n) is 19.7. The van der Waals surface area contributed by atoms with Gasteiger partial charge in [0.1, 0.15) is 16.3 Å². The summed E-state index contributed by atoms with van der Waals surface area (Å²) >= 11 is 1.34. The number of benzene rings is 2. The summed E-state index contributed by atoms with van der Waals surface area (Å²) < 4.78 is 12.0. The van der Waals surface area contributed by atoms with Crippen molar-refractivity contribution in [1.29, 1.82) is 0 Å². The van der Waals surface area contributed by atoms with Crippen molar-refractivity contribution in [3.8, 4) is 5.75 Å². The molecule has 8 heteroatoms. The summed E-state index contributed by atoms with van der Waals surface area (Å²) in [7, 11) is 0. The summed E-state index contributed by atoms with van der Waals surface area (Å²) in [5, 5.41) is 10.2. The number of nitrogens with zero attached hydrogens (tertiary/aromatic N) is 3. The van der Waals surface area contributed by atoms with Crippen LogP contribution in [0.1, 0.15) is 64.6 Å². The molecular weight excluding hydrogens is 450 g/mol. The van der Waals surface area contributed by atoms with E-state index in [2.05, 4.69) is 10.2 Å². The van der Waals surface area contributed by atoms with Crippen LogP contribution < -0.4 is 15.1 Å². The van der Waals surface area contributed by atoms with Crippen molar-refractivity contribution in [3.63, 3.8) is 0 Å². The smallest absolute Gasteiger partial charge is 0.297 e. The van der Waals surface area contributed by atoms with Crippen LogP contribution in [0.25, 0.3) is 11.0 Å². The molecule has 5 rings (SSSR count). The quantitative estimate of drug-likeness (QED) is 0.386. The largest absolute Gasteiger partial charge is 0.491 e. The van der Waals surface area contributed by atoms with Crippen LogP contribution in [-0.2, 0) is 6.42 Å². The van der Waals surface area contributed by atoms with Crippen LogP contribution in [0.5, 0.6) is 5.75 Å². The molecule has 0 saturated heterocycles. The average Bonchev–Trinajstić information content (AvgIpc) is 3.38. The normalized spacial score (nSPS) is 15.4. The maximum absolute atomic E-state index is 13.8. The van der Waals surface area contributed by atoms with Gasteiger partial charge in [0.25, 0.3) is 5.91 Å². The van der Waals surface area contributed by atoms with E-state index in [0.717, 1.165) is 21.7 Å². The van der Waals surface area contributed by atoms with E-state index in [1.165, 1.54) is 16.2 Å². The van der Waals surface area contributed by atoms with Gasteiger partial charge in [0.05, 0.1) is 23.1 Å². The summed E-state index contributed by atoms with van der Waals surface area (Å²) in [6.07, 6.45) is 0.689. The maximum atomic E-state index is 13.8. The van der Waals surface area contributed by atoms with Crippen LogP contribution >= 0.6 is 11.3 Å². The second kappa shape index (κ2) is 8.36. The minimum Gasteiger partial charge on any atom is -0.491 e. The molecule has 0 aliphatic carbocycles. The molecule has 1 atom stereocenters. The molecule has 0 radical (unpaired) electrons. The highest BCUT2D eigenvalue weighted by atomic mass is 32.1. The molecule has 174 valence electrons. The highest BCUT2D eigenvalue weighted by Crippen LogP contribution is 2.43. The lowest BCUT2D eigenvalue weighted by molar-refractivity contribution is 0.0970. The number of aryl methyl sites for hydroxylation is 3. The van der Waals surface area contributed by atoms with Crippen LogP contribution in [-0.4, -0.2) is 22.2 Å². The predicted molar refractivity (Wildman–Crippen MR) is 132 cm³/mol. The van der Waals surface area contributed by atoms with Gasteiger partial charge >= 0.3 is 0 Å². The monoisotopic (exact) mass is 475 g/mol. The summed E-state index contributed by atoms with van der Waals surface area (Å²) in [4.78, 5) is 29.0. The topological polar surface area (TPSA) is 85.5 Å². The lowest BCUT2D eigenvalue weighted by Gasteiger charge is -2.22. The molecule has 2 aromatic heterocycles. The van der Waals surface area contributed by atoms with E-state index in [-0.39, 0.29) is 17.3 Å². The molecule has 0 saturated carbocycles. The first kappa shape index (κ1) is 22.3. The van der Waals surface area contributed by atoms with Crippen molar-refractivity contribution < 1.29 is 13.9 Å². The van der Waals surface area contributed by atoms with Gasteiger partial charge < -0.3 is 9.15 Å². The lowest BCUT2D eigenvalue weighted by atomic mass is 9.97. The van der Waals surface area contributed by atoms with Gasteiger partial charge in [-0.05, 0) is 75.1 Å². The Morgan fingerprint density at radius 2 is 1.88 bits per heavy atom. The first-order valence-corrected chi connectivity index (χ1v) is 12.1. The Kier molecular flexibility index (Phi) is 5.48. The minimum absolute atomic E-state index is 0.0145. The van der Waals surface area contributed by atoms with Crippen LogP contribution in [0, 0.1) is 13.8 Å². The predicted octanol–water partition coefficient (Wildman–Crippen LogP) is 5.36. The molecule has 1 amide bonds. The average molecular weight is 476 g/mol. The van der Waals surface area contributed by atoms with Gasteiger partial charge in [-0.15, -0.1) is 10.2 Å². The number of carbonyl (C=O) groups excluding carboxylic acids is 1. The third kappa shape index (κ3) is 3.58. The highest BCUT2D eigenvalue weighted by molar-refractivity contribution is 7.15. The highest BCUT2D eigenvalue weighted by Gasteiger charge is 2.45. The molecule has 0 N–H and O–H groups in total. The molecule has 34 heavy (non-hydrogen) atoms. The van der Waals surface area contributed by atoms with Gasteiger partial charge in [-0.3, -0.25) is 14.5 Å². The van der Waals surface area contributed by atoms with Crippen LogP contribution in [0.4, 0.5) is 5.13 Å². The molecule has 0 fully saturated rings. The van der Waals surface area contributed by atoms with Gasteiger partial charge in [-0.25, -0.2) is 0 Å². The Hall–Kier alpha value is -3.52. The van der Waals surface area contributed by atoms with Crippen molar-refractivity contribution in [2.45, 2.75) is 53.2 Å². The van der Waals surface area contributed by atoms with Gasteiger partial charge in [0, 0.05) is 0 Å². The van der Waals surface area contributed by atoms with Gasteiger partial charge in [-0.1, -0.05) is 30.4 Å². The molecule has 1 aliphatic heterocycles. The number of carbonyl (C=O) groups is 1. The van der Waals surface area contributed by atoms with Crippen LogP contribution in [0.3, 0.4) is 0 Å². The van der Waals surface area contributed by atoms with Gasteiger partial charge in [0.15, 0.2) is 5.43 Å². The zero-order chi connectivity index (χ0) is 24.1. The second-order valence-electron chi connectivity index (χ2n) is 8.76. The Bertz CT molecular complexity index is 1490. The van der Waals surface area contributed by atoms with Crippen molar-refractivity contribution in [2.24, 2.45) is 0 Å². The van der Waals surface area contributed by atoms with E-state index >= 15 is 0 Å². The van der Waals surface area contributed by atoms with Crippen LogP contribution in [0.15, 0.2) is 45.6 Å².